The molecule has 0 spiro atoms. The molecule has 96 valence electrons. The summed E-state index contributed by atoms with van der Waals surface area (Å²) in [5, 5.41) is 2.92. The minimum absolute atomic E-state index is 0.0389. The molecule has 1 aromatic carbocycles. The molecule has 0 saturated carbocycles. The molecule has 1 amide bonds. The smallest absolute Gasteiger partial charge is 0.224 e. The Balaban J connectivity index is 2.84. The van der Waals surface area contributed by atoms with Gasteiger partial charge in [0.2, 0.25) is 5.91 Å². The van der Waals surface area contributed by atoms with E-state index in [0.29, 0.717) is 18.9 Å². The third-order valence-corrected chi connectivity index (χ3v) is 2.44. The van der Waals surface area contributed by atoms with Crippen LogP contribution in [0.3, 0.4) is 0 Å². The molecule has 18 heavy (non-hydrogen) atoms. The third kappa shape index (κ3) is 4.60. The van der Waals surface area contributed by atoms with E-state index >= 15 is 0 Å². The number of aryl methyl sites for hydroxylation is 1. The van der Waals surface area contributed by atoms with E-state index in [2.05, 4.69) is 17.2 Å². The van der Waals surface area contributed by atoms with Gasteiger partial charge in [-0.3, -0.25) is 4.79 Å². The van der Waals surface area contributed by atoms with Crippen LogP contribution >= 0.6 is 0 Å². The Kier molecular flexibility index (Phi) is 5.41. The molecule has 0 aliphatic rings. The van der Waals surface area contributed by atoms with Gasteiger partial charge in [-0.15, -0.1) is 0 Å². The number of carbonyl (C=O) groups is 1. The highest BCUT2D eigenvalue weighted by Gasteiger charge is 2.07. The van der Waals surface area contributed by atoms with Crippen molar-refractivity contribution in [1.82, 2.24) is 0 Å². The Morgan fingerprint density at radius 2 is 2.17 bits per heavy atom. The van der Waals surface area contributed by atoms with Crippen molar-refractivity contribution in [2.75, 3.05) is 11.9 Å². The van der Waals surface area contributed by atoms with Crippen molar-refractivity contribution in [3.63, 3.8) is 0 Å². The number of hydrogen-bond acceptors (Lipinski definition) is 2. The first kappa shape index (κ1) is 14.3. The molecule has 0 aromatic heterocycles. The van der Waals surface area contributed by atoms with Crippen LogP contribution in [-0.2, 0) is 4.79 Å². The van der Waals surface area contributed by atoms with E-state index < -0.39 is 0 Å². The number of nitrogens with two attached hydrogens (primary N) is 1. The molecule has 0 atom stereocenters. The van der Waals surface area contributed by atoms with Gasteiger partial charge in [-0.25, -0.2) is 0 Å². The summed E-state index contributed by atoms with van der Waals surface area (Å²) in [6.45, 7) is 6.35. The van der Waals surface area contributed by atoms with Crippen LogP contribution in [0.4, 0.5) is 5.69 Å². The Labute approximate surface area is 109 Å². The highest BCUT2D eigenvalue weighted by Crippen LogP contribution is 2.17. The normalized spacial score (nSPS) is 9.83. The lowest BCUT2D eigenvalue weighted by atomic mass is 10.1. The first-order valence-corrected chi connectivity index (χ1v) is 6.12. The van der Waals surface area contributed by atoms with E-state index in [-0.39, 0.29) is 5.91 Å². The Morgan fingerprint density at radius 1 is 1.44 bits per heavy atom. The van der Waals surface area contributed by atoms with Crippen LogP contribution in [0.15, 0.2) is 18.2 Å². The molecule has 0 aliphatic carbocycles. The van der Waals surface area contributed by atoms with Crippen molar-refractivity contribution in [3.05, 3.63) is 29.3 Å². The maximum atomic E-state index is 11.7. The zero-order valence-corrected chi connectivity index (χ0v) is 11.2. The van der Waals surface area contributed by atoms with Crippen molar-refractivity contribution in [2.45, 2.75) is 27.2 Å². The van der Waals surface area contributed by atoms with Crippen LogP contribution in [0.1, 0.15) is 31.4 Å². The van der Waals surface area contributed by atoms with E-state index in [1.54, 1.807) is 0 Å². The van der Waals surface area contributed by atoms with Crippen molar-refractivity contribution in [3.8, 4) is 11.8 Å². The third-order valence-electron chi connectivity index (χ3n) is 2.44. The topological polar surface area (TPSA) is 55.1 Å². The molecule has 3 N–H and O–H groups in total. The quantitative estimate of drug-likeness (QED) is 0.801. The summed E-state index contributed by atoms with van der Waals surface area (Å²) in [6.07, 6.45) is 0.526. The molecular formula is C15H20N2O. The highest BCUT2D eigenvalue weighted by atomic mass is 16.1. The van der Waals surface area contributed by atoms with E-state index in [4.69, 9.17) is 5.73 Å². The van der Waals surface area contributed by atoms with Crippen molar-refractivity contribution in [1.29, 1.82) is 0 Å². The zero-order chi connectivity index (χ0) is 13.5. The average molecular weight is 244 g/mol. The minimum Gasteiger partial charge on any atom is -0.326 e. The fourth-order valence-electron chi connectivity index (χ4n) is 1.56. The van der Waals surface area contributed by atoms with Gasteiger partial charge < -0.3 is 11.1 Å². The number of rotatable bonds is 3. The second-order valence-corrected chi connectivity index (χ2v) is 4.68. The SMILES string of the molecule is Cc1ccc(C#CCN)cc1NC(=O)CC(C)C. The number of carbonyl (C=O) groups excluding carboxylic acids is 1. The van der Waals surface area contributed by atoms with Gasteiger partial charge in [0.05, 0.1) is 6.54 Å². The largest absolute Gasteiger partial charge is 0.326 e. The van der Waals surface area contributed by atoms with Gasteiger partial charge in [-0.1, -0.05) is 31.8 Å². The second-order valence-electron chi connectivity index (χ2n) is 4.68. The van der Waals surface area contributed by atoms with Crippen LogP contribution < -0.4 is 11.1 Å². The molecule has 1 rings (SSSR count). The van der Waals surface area contributed by atoms with E-state index in [9.17, 15) is 4.79 Å². The van der Waals surface area contributed by atoms with Crippen LogP contribution in [0, 0.1) is 24.7 Å². The molecule has 3 nitrogen and oxygen atoms in total. The van der Waals surface area contributed by atoms with Crippen molar-refractivity contribution in [2.24, 2.45) is 11.7 Å². The lowest BCUT2D eigenvalue weighted by molar-refractivity contribution is -0.116. The number of amides is 1. The molecule has 0 fully saturated rings. The van der Waals surface area contributed by atoms with Gasteiger partial charge in [0.15, 0.2) is 0 Å². The van der Waals surface area contributed by atoms with Crippen molar-refractivity contribution < 1.29 is 4.79 Å². The summed E-state index contributed by atoms with van der Waals surface area (Å²) in [4.78, 5) is 11.7. The zero-order valence-electron chi connectivity index (χ0n) is 11.2. The predicted molar refractivity (Wildman–Crippen MR) is 75.2 cm³/mol. The van der Waals surface area contributed by atoms with Gasteiger partial charge in [-0.05, 0) is 30.5 Å². The molecule has 0 heterocycles. The molecule has 0 saturated heterocycles. The fourth-order valence-corrected chi connectivity index (χ4v) is 1.56. The van der Waals surface area contributed by atoms with Crippen LogP contribution in [0.5, 0.6) is 0 Å². The lowest BCUT2D eigenvalue weighted by Crippen LogP contribution is -2.14. The van der Waals surface area contributed by atoms with Gasteiger partial charge in [0.25, 0.3) is 0 Å². The van der Waals surface area contributed by atoms with Crippen LogP contribution in [-0.4, -0.2) is 12.5 Å². The number of nitrogens with one attached hydrogen (secondary N) is 1. The minimum atomic E-state index is 0.0389. The Morgan fingerprint density at radius 3 is 2.78 bits per heavy atom. The Hall–Kier alpha value is -1.79. The molecule has 0 aliphatic heterocycles. The fraction of sp³-hybridized carbons (Fsp3) is 0.400. The summed E-state index contributed by atoms with van der Waals surface area (Å²) in [5.41, 5.74) is 8.06. The van der Waals surface area contributed by atoms with Gasteiger partial charge in [0.1, 0.15) is 0 Å². The van der Waals surface area contributed by atoms with Gasteiger partial charge in [-0.2, -0.15) is 0 Å². The molecule has 1 aromatic rings. The lowest BCUT2D eigenvalue weighted by Gasteiger charge is -2.10. The summed E-state index contributed by atoms with van der Waals surface area (Å²) >= 11 is 0. The van der Waals surface area contributed by atoms with Crippen LogP contribution in [0.2, 0.25) is 0 Å². The molecule has 3 heteroatoms. The first-order valence-electron chi connectivity index (χ1n) is 6.12. The number of benzene rings is 1. The molecule has 0 unspecified atom stereocenters. The van der Waals surface area contributed by atoms with Gasteiger partial charge >= 0.3 is 0 Å². The van der Waals surface area contributed by atoms with Crippen LogP contribution in [0.25, 0.3) is 0 Å². The predicted octanol–water partition coefficient (Wildman–Crippen LogP) is 2.29. The molecule has 0 bridgehead atoms. The number of hydrogen-bond donors (Lipinski definition) is 2. The highest BCUT2D eigenvalue weighted by molar-refractivity contribution is 5.91. The summed E-state index contributed by atoms with van der Waals surface area (Å²) in [5.74, 6) is 6.15. The maximum absolute atomic E-state index is 11.7. The standard InChI is InChI=1S/C15H20N2O/c1-11(2)9-15(18)17-14-10-13(5-4-8-16)7-6-12(14)3/h6-7,10-11H,8-9,16H2,1-3H3,(H,17,18). The first-order chi connectivity index (χ1) is 8.52. The van der Waals surface area contributed by atoms with E-state index in [1.165, 1.54) is 0 Å². The second kappa shape index (κ2) is 6.83. The summed E-state index contributed by atoms with van der Waals surface area (Å²) in [6, 6.07) is 5.76. The molecular weight excluding hydrogens is 224 g/mol. The van der Waals surface area contributed by atoms with Gasteiger partial charge in [0, 0.05) is 17.7 Å². The number of anilines is 1. The monoisotopic (exact) mass is 244 g/mol. The Bertz CT molecular complexity index is 481. The van der Waals surface area contributed by atoms with E-state index in [1.807, 2.05) is 39.0 Å². The summed E-state index contributed by atoms with van der Waals surface area (Å²) < 4.78 is 0. The molecule has 0 radical (unpaired) electrons. The summed E-state index contributed by atoms with van der Waals surface area (Å²) in [7, 11) is 0. The average Bonchev–Trinajstić information content (AvgIpc) is 2.29. The maximum Gasteiger partial charge on any atom is 0.224 e. The van der Waals surface area contributed by atoms with Crippen molar-refractivity contribution >= 4 is 11.6 Å². The van der Waals surface area contributed by atoms with E-state index in [0.717, 1.165) is 16.8 Å².